The van der Waals surface area contributed by atoms with Crippen molar-refractivity contribution in [2.45, 2.75) is 38.1 Å². The molecule has 0 aromatic heterocycles. The van der Waals surface area contributed by atoms with E-state index >= 15 is 0 Å². The van der Waals surface area contributed by atoms with Gasteiger partial charge in [-0.1, -0.05) is 13.3 Å². The predicted molar refractivity (Wildman–Crippen MR) is 143 cm³/mol. The molecule has 2 saturated heterocycles. The van der Waals surface area contributed by atoms with Crippen molar-refractivity contribution >= 4 is 17.9 Å². The molecule has 39 heavy (non-hydrogen) atoms. The van der Waals surface area contributed by atoms with E-state index in [0.29, 0.717) is 69.5 Å². The lowest BCUT2D eigenvalue weighted by Crippen LogP contribution is -2.46. The number of rotatable bonds is 13. The van der Waals surface area contributed by atoms with Gasteiger partial charge in [-0.3, -0.25) is 14.5 Å². The van der Waals surface area contributed by atoms with Crippen LogP contribution in [-0.4, -0.2) is 122 Å². The summed E-state index contributed by atoms with van der Waals surface area (Å²) in [6, 6.07) is 3.11. The molecular formula is C27H41N5O7. The second kappa shape index (κ2) is 12.7. The van der Waals surface area contributed by atoms with Gasteiger partial charge in [0, 0.05) is 64.8 Å². The quantitative estimate of drug-likeness (QED) is 0.373. The first-order valence-electron chi connectivity index (χ1n) is 13.7. The molecule has 3 amide bonds. The third kappa shape index (κ3) is 6.17. The van der Waals surface area contributed by atoms with Gasteiger partial charge in [0.25, 0.3) is 0 Å². The molecule has 2 fully saturated rings. The van der Waals surface area contributed by atoms with Crippen molar-refractivity contribution < 1.29 is 33.7 Å². The third-order valence-corrected chi connectivity index (χ3v) is 8.01. The Bertz CT molecular complexity index is 1050. The molecule has 0 aliphatic carbocycles. The number of fused-ring (bicyclic) bond motifs is 1. The number of nitrogens with zero attached hydrogens (tertiary/aromatic N) is 4. The van der Waals surface area contributed by atoms with E-state index in [4.69, 9.17) is 19.9 Å². The largest absolute Gasteiger partial charge is 0.493 e. The maximum atomic E-state index is 13.4. The second-order valence-corrected chi connectivity index (χ2v) is 10.4. The zero-order valence-electron chi connectivity index (χ0n) is 23.1. The predicted octanol–water partition coefficient (Wildman–Crippen LogP) is 1.24. The summed E-state index contributed by atoms with van der Waals surface area (Å²) in [6.45, 7) is 5.68. The first-order chi connectivity index (χ1) is 18.8. The number of hydrogen-bond acceptors (Lipinski definition) is 8. The Morgan fingerprint density at radius 1 is 1.23 bits per heavy atom. The zero-order valence-corrected chi connectivity index (χ0v) is 23.1. The molecule has 3 aliphatic heterocycles. The molecule has 3 atom stereocenters. The van der Waals surface area contributed by atoms with Crippen molar-refractivity contribution in [1.29, 1.82) is 0 Å². The molecule has 3 heterocycles. The minimum atomic E-state index is -0.939. The van der Waals surface area contributed by atoms with Crippen LogP contribution in [-0.2, 0) is 9.59 Å². The molecule has 12 heteroatoms. The van der Waals surface area contributed by atoms with Crippen LogP contribution in [0.25, 0.3) is 0 Å². The Morgan fingerprint density at radius 3 is 2.67 bits per heavy atom. The summed E-state index contributed by atoms with van der Waals surface area (Å²) in [6.07, 6.45) is 2.26. The lowest BCUT2D eigenvalue weighted by molar-refractivity contribution is -0.143. The van der Waals surface area contributed by atoms with Crippen molar-refractivity contribution in [3.05, 3.63) is 17.7 Å². The fraction of sp³-hybridized carbons (Fsp3) is 0.667. The molecule has 0 saturated carbocycles. The number of benzene rings is 1. The normalized spacial score (nSPS) is 22.6. The number of nitrogens with two attached hydrogens (primary N) is 1. The fourth-order valence-electron chi connectivity index (χ4n) is 5.89. The monoisotopic (exact) mass is 547 g/mol. The van der Waals surface area contributed by atoms with Crippen LogP contribution in [0.15, 0.2) is 12.1 Å². The molecule has 12 nitrogen and oxygen atoms in total. The number of unbranched alkanes of at least 4 members (excludes halogenated alkanes) is 1. The smallest absolute Gasteiger partial charge is 0.319 e. The molecule has 3 N–H and O–H groups in total. The minimum Gasteiger partial charge on any atom is -0.493 e. The van der Waals surface area contributed by atoms with E-state index < -0.39 is 23.8 Å². The van der Waals surface area contributed by atoms with Gasteiger partial charge in [-0.2, -0.15) is 0 Å². The molecule has 3 aliphatic rings. The van der Waals surface area contributed by atoms with Crippen LogP contribution in [0.4, 0.5) is 4.79 Å². The highest BCUT2D eigenvalue weighted by Gasteiger charge is 2.48. The lowest BCUT2D eigenvalue weighted by atomic mass is 9.84. The molecule has 1 aromatic rings. The maximum absolute atomic E-state index is 13.4. The van der Waals surface area contributed by atoms with Crippen molar-refractivity contribution in [2.24, 2.45) is 11.7 Å². The van der Waals surface area contributed by atoms with Gasteiger partial charge in [0.2, 0.25) is 18.4 Å². The van der Waals surface area contributed by atoms with E-state index in [1.165, 1.54) is 7.11 Å². The maximum Gasteiger partial charge on any atom is 0.319 e. The minimum absolute atomic E-state index is 0.0618. The van der Waals surface area contributed by atoms with E-state index in [9.17, 15) is 19.5 Å². The van der Waals surface area contributed by atoms with E-state index in [1.807, 2.05) is 11.0 Å². The highest BCUT2D eigenvalue weighted by Crippen LogP contribution is 2.47. The summed E-state index contributed by atoms with van der Waals surface area (Å²) in [5.74, 6) is -0.723. The van der Waals surface area contributed by atoms with Gasteiger partial charge in [0.05, 0.1) is 19.6 Å². The SMILES string of the molecule is CCCCN(CCN)C(=O)CN1C[C@H](c2cc(OC)c3c(c2)OCO3)[C@@H](C(=O)O)[C@@H]1CCN1CCN(C)C1=O. The van der Waals surface area contributed by atoms with Gasteiger partial charge < -0.3 is 39.8 Å². The summed E-state index contributed by atoms with van der Waals surface area (Å²) in [7, 11) is 3.29. The fourth-order valence-corrected chi connectivity index (χ4v) is 5.89. The average molecular weight is 548 g/mol. The van der Waals surface area contributed by atoms with Crippen molar-refractivity contribution in [1.82, 2.24) is 19.6 Å². The molecular weight excluding hydrogens is 506 g/mol. The first-order valence-corrected chi connectivity index (χ1v) is 13.7. The Hall–Kier alpha value is -3.25. The van der Waals surface area contributed by atoms with Gasteiger partial charge in [0.15, 0.2) is 11.5 Å². The van der Waals surface area contributed by atoms with E-state index in [2.05, 4.69) is 6.92 Å². The summed E-state index contributed by atoms with van der Waals surface area (Å²) < 4.78 is 16.6. The number of hydrogen-bond donors (Lipinski definition) is 2. The van der Waals surface area contributed by atoms with Crippen LogP contribution in [0.5, 0.6) is 17.2 Å². The number of likely N-dealkylation sites (tertiary alicyclic amines) is 1. The number of urea groups is 1. The van der Waals surface area contributed by atoms with Gasteiger partial charge in [0.1, 0.15) is 0 Å². The van der Waals surface area contributed by atoms with Gasteiger partial charge >= 0.3 is 12.0 Å². The summed E-state index contributed by atoms with van der Waals surface area (Å²) in [4.78, 5) is 45.9. The van der Waals surface area contributed by atoms with Crippen LogP contribution >= 0.6 is 0 Å². The van der Waals surface area contributed by atoms with E-state index in [-0.39, 0.29) is 25.3 Å². The van der Waals surface area contributed by atoms with E-state index in [1.54, 1.807) is 27.8 Å². The number of ether oxygens (including phenoxy) is 3. The van der Waals surface area contributed by atoms with E-state index in [0.717, 1.165) is 18.4 Å². The van der Waals surface area contributed by atoms with Gasteiger partial charge in [-0.05, 0) is 30.5 Å². The number of likely N-dealkylation sites (N-methyl/N-ethyl adjacent to an activating group) is 1. The Kier molecular flexibility index (Phi) is 9.39. The Balaban J connectivity index is 1.62. The van der Waals surface area contributed by atoms with Crippen molar-refractivity contribution in [2.75, 3.05) is 73.3 Å². The standard InChI is InChI=1S/C27H41N5O7/c1-4-5-8-30(10-7-28)23(33)16-32-15-19(18-13-21(37-3)25-22(14-18)38-17-39-25)24(26(34)35)20(32)6-9-31-12-11-29(2)27(31)36/h13-14,19-20,24H,4-12,15-17,28H2,1-3H3,(H,34,35)/t19-,20+,24-/m1/s1. The number of carboxylic acid groups (broad SMARTS) is 1. The van der Waals surface area contributed by atoms with Crippen LogP contribution in [0.3, 0.4) is 0 Å². The lowest BCUT2D eigenvalue weighted by Gasteiger charge is -2.30. The number of carboxylic acids is 1. The van der Waals surface area contributed by atoms with Crippen molar-refractivity contribution in [3.8, 4) is 17.2 Å². The topological polar surface area (TPSA) is 138 Å². The number of methoxy groups -OCH3 is 1. The van der Waals surface area contributed by atoms with Crippen molar-refractivity contribution in [3.63, 3.8) is 0 Å². The summed E-state index contributed by atoms with van der Waals surface area (Å²) in [5.41, 5.74) is 6.54. The summed E-state index contributed by atoms with van der Waals surface area (Å²) in [5, 5.41) is 10.5. The van der Waals surface area contributed by atoms with Gasteiger partial charge in [-0.25, -0.2) is 4.79 Å². The number of carbonyl (C=O) groups is 3. The zero-order chi connectivity index (χ0) is 28.1. The average Bonchev–Trinajstić information content (AvgIpc) is 3.62. The van der Waals surface area contributed by atoms with Gasteiger partial charge in [-0.15, -0.1) is 0 Å². The van der Waals surface area contributed by atoms with Crippen LogP contribution < -0.4 is 19.9 Å². The number of aliphatic carboxylic acids is 1. The number of amides is 3. The molecule has 216 valence electrons. The molecule has 0 spiro atoms. The highest BCUT2D eigenvalue weighted by atomic mass is 16.7. The third-order valence-electron chi connectivity index (χ3n) is 8.01. The Labute approximate surface area is 229 Å². The molecule has 0 unspecified atom stereocenters. The first kappa shape index (κ1) is 28.8. The number of carbonyl (C=O) groups excluding carboxylic acids is 2. The molecule has 0 bridgehead atoms. The van der Waals surface area contributed by atoms with Crippen LogP contribution in [0.2, 0.25) is 0 Å². The molecule has 1 aromatic carbocycles. The highest BCUT2D eigenvalue weighted by molar-refractivity contribution is 5.79. The Morgan fingerprint density at radius 2 is 2.03 bits per heavy atom. The second-order valence-electron chi connectivity index (χ2n) is 10.4. The molecule has 4 rings (SSSR count). The van der Waals surface area contributed by atoms with Crippen LogP contribution in [0.1, 0.15) is 37.7 Å². The molecule has 0 radical (unpaired) electrons. The van der Waals surface area contributed by atoms with Crippen LogP contribution in [0, 0.1) is 5.92 Å². The summed E-state index contributed by atoms with van der Waals surface area (Å²) >= 11 is 0.